The van der Waals surface area contributed by atoms with Crippen LogP contribution in [0.3, 0.4) is 0 Å². The molecule has 21 heavy (non-hydrogen) atoms. The molecule has 0 unspecified atom stereocenters. The number of ether oxygens (including phenoxy) is 1. The Morgan fingerprint density at radius 2 is 2.14 bits per heavy atom. The molecule has 4 nitrogen and oxygen atoms in total. The van der Waals surface area contributed by atoms with Gasteiger partial charge in [0.1, 0.15) is 15.8 Å². The molecule has 0 amide bonds. The van der Waals surface area contributed by atoms with E-state index in [-0.39, 0.29) is 0 Å². The monoisotopic (exact) mass is 319 g/mol. The summed E-state index contributed by atoms with van der Waals surface area (Å²) in [6.45, 7) is 2.12. The first kappa shape index (κ1) is 14.2. The van der Waals surface area contributed by atoms with E-state index < -0.39 is 0 Å². The molecular formula is C15H14ClN3OS. The van der Waals surface area contributed by atoms with Crippen molar-refractivity contribution in [3.63, 3.8) is 0 Å². The predicted molar refractivity (Wildman–Crippen MR) is 85.4 cm³/mol. The van der Waals surface area contributed by atoms with E-state index in [0.717, 1.165) is 22.2 Å². The maximum absolute atomic E-state index is 6.27. The van der Waals surface area contributed by atoms with Crippen LogP contribution in [0.1, 0.15) is 23.2 Å². The standard InChI is InChI=1S/C15H14ClN3OS/c1-3-10-7-11-14(16)18-12(19-15(11)21-10)6-9-4-5-13(20-2)17-8-9/h4-5,7-8H,3,6H2,1-2H3. The van der Waals surface area contributed by atoms with Gasteiger partial charge in [0.05, 0.1) is 7.11 Å². The Balaban J connectivity index is 1.92. The quantitative estimate of drug-likeness (QED) is 0.684. The van der Waals surface area contributed by atoms with Crippen molar-refractivity contribution in [2.45, 2.75) is 19.8 Å². The Morgan fingerprint density at radius 1 is 1.29 bits per heavy atom. The molecule has 0 aliphatic rings. The average molecular weight is 320 g/mol. The fourth-order valence-electron chi connectivity index (χ4n) is 2.05. The van der Waals surface area contributed by atoms with Crippen LogP contribution in [-0.4, -0.2) is 22.1 Å². The van der Waals surface area contributed by atoms with Gasteiger partial charge in [-0.05, 0) is 18.1 Å². The van der Waals surface area contributed by atoms with Gasteiger partial charge < -0.3 is 4.74 Å². The number of aromatic nitrogens is 3. The molecule has 0 spiro atoms. The summed E-state index contributed by atoms with van der Waals surface area (Å²) in [6.07, 6.45) is 3.35. The van der Waals surface area contributed by atoms with Crippen LogP contribution in [0.5, 0.6) is 5.88 Å². The molecule has 6 heteroatoms. The number of aryl methyl sites for hydroxylation is 1. The number of hydrogen-bond acceptors (Lipinski definition) is 5. The van der Waals surface area contributed by atoms with E-state index in [4.69, 9.17) is 16.3 Å². The Kier molecular flexibility index (Phi) is 4.03. The molecule has 0 aliphatic carbocycles. The molecule has 0 saturated carbocycles. The molecule has 0 bridgehead atoms. The highest BCUT2D eigenvalue weighted by Crippen LogP contribution is 2.29. The van der Waals surface area contributed by atoms with Crippen molar-refractivity contribution >= 4 is 33.2 Å². The second kappa shape index (κ2) is 5.95. The maximum atomic E-state index is 6.27. The molecule has 0 N–H and O–H groups in total. The minimum absolute atomic E-state index is 0.521. The lowest BCUT2D eigenvalue weighted by Gasteiger charge is -2.03. The van der Waals surface area contributed by atoms with E-state index in [0.29, 0.717) is 23.3 Å². The van der Waals surface area contributed by atoms with Crippen LogP contribution >= 0.6 is 22.9 Å². The summed E-state index contributed by atoms with van der Waals surface area (Å²) in [6, 6.07) is 5.86. The minimum atomic E-state index is 0.521. The van der Waals surface area contributed by atoms with Crippen LogP contribution in [0.2, 0.25) is 5.15 Å². The molecule has 3 aromatic heterocycles. The summed E-state index contributed by atoms with van der Waals surface area (Å²) >= 11 is 7.94. The third-order valence-corrected chi connectivity index (χ3v) is 4.62. The summed E-state index contributed by atoms with van der Waals surface area (Å²) in [5.74, 6) is 1.31. The normalized spacial score (nSPS) is 11.0. The lowest BCUT2D eigenvalue weighted by molar-refractivity contribution is 0.397. The molecule has 0 aromatic carbocycles. The minimum Gasteiger partial charge on any atom is -0.481 e. The molecule has 0 saturated heterocycles. The topological polar surface area (TPSA) is 47.9 Å². The Hall–Kier alpha value is -1.72. The SMILES string of the molecule is CCc1cc2c(Cl)nc(Cc3ccc(OC)nc3)nc2s1. The highest BCUT2D eigenvalue weighted by atomic mass is 35.5. The first-order valence-electron chi connectivity index (χ1n) is 6.63. The van der Waals surface area contributed by atoms with Crippen molar-refractivity contribution in [3.8, 4) is 5.88 Å². The highest BCUT2D eigenvalue weighted by Gasteiger charge is 2.10. The van der Waals surface area contributed by atoms with Crippen molar-refractivity contribution in [1.82, 2.24) is 15.0 Å². The smallest absolute Gasteiger partial charge is 0.212 e. The summed E-state index contributed by atoms with van der Waals surface area (Å²) in [5, 5.41) is 1.46. The third-order valence-electron chi connectivity index (χ3n) is 3.16. The van der Waals surface area contributed by atoms with E-state index in [9.17, 15) is 0 Å². The van der Waals surface area contributed by atoms with Gasteiger partial charge in [0.2, 0.25) is 5.88 Å². The zero-order chi connectivity index (χ0) is 14.8. The van der Waals surface area contributed by atoms with Crippen molar-refractivity contribution in [3.05, 3.63) is 45.8 Å². The fraction of sp³-hybridized carbons (Fsp3) is 0.267. The van der Waals surface area contributed by atoms with E-state index in [2.05, 4.69) is 27.9 Å². The molecule has 0 atom stereocenters. The van der Waals surface area contributed by atoms with Crippen LogP contribution < -0.4 is 4.74 Å². The number of hydrogen-bond donors (Lipinski definition) is 0. The second-order valence-corrected chi connectivity index (χ2v) is 6.07. The van der Waals surface area contributed by atoms with E-state index in [1.807, 2.05) is 12.1 Å². The molecule has 0 fully saturated rings. The maximum Gasteiger partial charge on any atom is 0.212 e. The van der Waals surface area contributed by atoms with Gasteiger partial charge in [-0.15, -0.1) is 11.3 Å². The summed E-state index contributed by atoms with van der Waals surface area (Å²) in [4.78, 5) is 15.4. The van der Waals surface area contributed by atoms with Gasteiger partial charge in [0.15, 0.2) is 0 Å². The first-order chi connectivity index (χ1) is 10.2. The van der Waals surface area contributed by atoms with E-state index >= 15 is 0 Å². The van der Waals surface area contributed by atoms with Crippen molar-refractivity contribution < 1.29 is 4.74 Å². The summed E-state index contributed by atoms with van der Waals surface area (Å²) < 4.78 is 5.05. The lowest BCUT2D eigenvalue weighted by Crippen LogP contribution is -1.98. The number of fused-ring (bicyclic) bond motifs is 1. The number of nitrogens with zero attached hydrogens (tertiary/aromatic N) is 3. The van der Waals surface area contributed by atoms with E-state index in [1.165, 1.54) is 4.88 Å². The largest absolute Gasteiger partial charge is 0.481 e. The van der Waals surface area contributed by atoms with Crippen LogP contribution in [0.4, 0.5) is 0 Å². The van der Waals surface area contributed by atoms with Crippen LogP contribution in [0.25, 0.3) is 10.2 Å². The van der Waals surface area contributed by atoms with Crippen molar-refractivity contribution in [2.24, 2.45) is 0 Å². The molecular weight excluding hydrogens is 306 g/mol. The summed E-state index contributed by atoms with van der Waals surface area (Å²) in [5.41, 5.74) is 1.03. The second-order valence-electron chi connectivity index (χ2n) is 4.60. The molecule has 3 aromatic rings. The lowest BCUT2D eigenvalue weighted by atomic mass is 10.2. The number of halogens is 1. The van der Waals surface area contributed by atoms with Crippen molar-refractivity contribution in [1.29, 1.82) is 0 Å². The third kappa shape index (κ3) is 2.99. The van der Waals surface area contributed by atoms with Crippen molar-refractivity contribution in [2.75, 3.05) is 7.11 Å². The summed E-state index contributed by atoms with van der Waals surface area (Å²) in [7, 11) is 1.60. The Labute approximate surface area is 131 Å². The Bertz CT molecular complexity index is 770. The van der Waals surface area contributed by atoms with Gasteiger partial charge in [-0.1, -0.05) is 24.6 Å². The molecule has 108 valence electrons. The average Bonchev–Trinajstić information content (AvgIpc) is 2.92. The molecule has 0 aliphatic heterocycles. The number of pyridine rings is 1. The van der Waals surface area contributed by atoms with Gasteiger partial charge >= 0.3 is 0 Å². The molecule has 0 radical (unpaired) electrons. The number of thiophene rings is 1. The van der Waals surface area contributed by atoms with Gasteiger partial charge in [0.25, 0.3) is 0 Å². The zero-order valence-corrected chi connectivity index (χ0v) is 13.3. The Morgan fingerprint density at radius 3 is 2.81 bits per heavy atom. The number of rotatable bonds is 4. The first-order valence-corrected chi connectivity index (χ1v) is 7.82. The van der Waals surface area contributed by atoms with Gasteiger partial charge in [0, 0.05) is 28.9 Å². The van der Waals surface area contributed by atoms with E-state index in [1.54, 1.807) is 24.6 Å². The number of methoxy groups -OCH3 is 1. The molecule has 3 heterocycles. The van der Waals surface area contributed by atoms with Gasteiger partial charge in [-0.2, -0.15) is 0 Å². The van der Waals surface area contributed by atoms with Crippen LogP contribution in [-0.2, 0) is 12.8 Å². The molecule has 3 rings (SSSR count). The zero-order valence-electron chi connectivity index (χ0n) is 11.8. The highest BCUT2D eigenvalue weighted by molar-refractivity contribution is 7.18. The van der Waals surface area contributed by atoms with Crippen LogP contribution in [0.15, 0.2) is 24.4 Å². The van der Waals surface area contributed by atoms with Gasteiger partial charge in [-0.3, -0.25) is 0 Å². The predicted octanol–water partition coefficient (Wildman–Crippen LogP) is 3.90. The fourth-order valence-corrected chi connectivity index (χ4v) is 3.33. The van der Waals surface area contributed by atoms with Gasteiger partial charge in [-0.25, -0.2) is 15.0 Å². The van der Waals surface area contributed by atoms with Crippen LogP contribution in [0, 0.1) is 0 Å².